The van der Waals surface area contributed by atoms with Gasteiger partial charge in [-0.25, -0.2) is 0 Å². The Hall–Kier alpha value is -3.40. The Kier molecular flexibility index (Phi) is 4.23. The van der Waals surface area contributed by atoms with Gasteiger partial charge in [-0.3, -0.25) is 9.78 Å². The number of benzene rings is 2. The minimum Gasteiger partial charge on any atom is -0.489 e. The van der Waals surface area contributed by atoms with Gasteiger partial charge in [0.1, 0.15) is 18.1 Å². The van der Waals surface area contributed by atoms with Crippen molar-refractivity contribution in [3.05, 3.63) is 95.0 Å². The predicted molar refractivity (Wildman–Crippen MR) is 99.1 cm³/mol. The summed E-state index contributed by atoms with van der Waals surface area (Å²) in [5.41, 5.74) is 3.67. The summed E-state index contributed by atoms with van der Waals surface area (Å²) >= 11 is 0. The SMILES string of the molecule is Cc1ccc(COc2ccc3c(c2)OC(=Cc2cccnc2)C3=O)cc1. The molecule has 128 valence electrons. The van der Waals surface area contributed by atoms with Crippen LogP contribution in [0.15, 0.2) is 72.8 Å². The Morgan fingerprint density at radius 3 is 2.73 bits per heavy atom. The Bertz CT molecular complexity index is 976. The van der Waals surface area contributed by atoms with Crippen LogP contribution in [0.3, 0.4) is 0 Å². The number of aryl methyl sites for hydroxylation is 1. The Balaban J connectivity index is 1.50. The highest BCUT2D eigenvalue weighted by molar-refractivity contribution is 6.14. The van der Waals surface area contributed by atoms with Crippen LogP contribution in [0.1, 0.15) is 27.0 Å². The predicted octanol–water partition coefficient (Wildman–Crippen LogP) is 4.59. The van der Waals surface area contributed by atoms with E-state index in [1.54, 1.807) is 36.7 Å². The number of nitrogens with zero attached hydrogens (tertiary/aromatic N) is 1. The van der Waals surface area contributed by atoms with Gasteiger partial charge in [-0.2, -0.15) is 0 Å². The van der Waals surface area contributed by atoms with E-state index >= 15 is 0 Å². The van der Waals surface area contributed by atoms with Gasteiger partial charge in [-0.1, -0.05) is 35.9 Å². The molecule has 0 N–H and O–H groups in total. The summed E-state index contributed by atoms with van der Waals surface area (Å²) in [5, 5.41) is 0. The highest BCUT2D eigenvalue weighted by atomic mass is 16.5. The average Bonchev–Trinajstić information content (AvgIpc) is 2.97. The zero-order chi connectivity index (χ0) is 17.9. The molecule has 0 spiro atoms. The standard InChI is InChI=1S/C22H17NO3/c1-15-4-6-16(7-5-15)14-25-18-8-9-19-20(12-18)26-21(22(19)24)11-17-3-2-10-23-13-17/h2-13H,14H2,1H3. The van der Waals surface area contributed by atoms with Crippen LogP contribution in [0.4, 0.5) is 0 Å². The van der Waals surface area contributed by atoms with Crippen molar-refractivity contribution < 1.29 is 14.3 Å². The van der Waals surface area contributed by atoms with Crippen LogP contribution in [-0.4, -0.2) is 10.8 Å². The molecule has 0 aliphatic carbocycles. The van der Waals surface area contributed by atoms with E-state index in [4.69, 9.17) is 9.47 Å². The number of hydrogen-bond acceptors (Lipinski definition) is 4. The van der Waals surface area contributed by atoms with Crippen molar-refractivity contribution >= 4 is 11.9 Å². The molecule has 2 heterocycles. The summed E-state index contributed by atoms with van der Waals surface area (Å²) in [5.74, 6) is 1.35. The van der Waals surface area contributed by atoms with E-state index in [1.807, 2.05) is 24.3 Å². The van der Waals surface area contributed by atoms with Crippen LogP contribution in [0, 0.1) is 6.92 Å². The lowest BCUT2D eigenvalue weighted by Gasteiger charge is -2.07. The normalized spacial score (nSPS) is 14.2. The zero-order valence-electron chi connectivity index (χ0n) is 14.3. The quantitative estimate of drug-likeness (QED) is 0.650. The monoisotopic (exact) mass is 343 g/mol. The van der Waals surface area contributed by atoms with E-state index in [0.717, 1.165) is 11.1 Å². The highest BCUT2D eigenvalue weighted by Gasteiger charge is 2.27. The van der Waals surface area contributed by atoms with Gasteiger partial charge in [0.15, 0.2) is 5.76 Å². The van der Waals surface area contributed by atoms with Crippen LogP contribution in [0.2, 0.25) is 0 Å². The Morgan fingerprint density at radius 2 is 1.96 bits per heavy atom. The minimum atomic E-state index is -0.131. The molecule has 3 aromatic rings. The molecule has 26 heavy (non-hydrogen) atoms. The van der Waals surface area contributed by atoms with Gasteiger partial charge in [-0.05, 0) is 42.3 Å². The third-order valence-electron chi connectivity index (χ3n) is 4.15. The first-order chi connectivity index (χ1) is 12.7. The van der Waals surface area contributed by atoms with Gasteiger partial charge in [-0.15, -0.1) is 0 Å². The molecule has 1 aliphatic rings. The van der Waals surface area contributed by atoms with E-state index in [1.165, 1.54) is 5.56 Å². The number of ether oxygens (including phenoxy) is 2. The summed E-state index contributed by atoms with van der Waals surface area (Å²) in [6.45, 7) is 2.52. The number of aromatic nitrogens is 1. The van der Waals surface area contributed by atoms with E-state index in [9.17, 15) is 4.79 Å². The summed E-state index contributed by atoms with van der Waals surface area (Å²) in [6.07, 6.45) is 5.07. The fourth-order valence-electron chi connectivity index (χ4n) is 2.72. The van der Waals surface area contributed by atoms with E-state index in [2.05, 4.69) is 24.0 Å². The van der Waals surface area contributed by atoms with Crippen LogP contribution < -0.4 is 9.47 Å². The molecule has 2 aromatic carbocycles. The first-order valence-corrected chi connectivity index (χ1v) is 8.36. The van der Waals surface area contributed by atoms with Crippen LogP contribution in [0.5, 0.6) is 11.5 Å². The zero-order valence-corrected chi connectivity index (χ0v) is 14.3. The first kappa shape index (κ1) is 16.1. The summed E-state index contributed by atoms with van der Waals surface area (Å²) in [6, 6.07) is 17.2. The average molecular weight is 343 g/mol. The van der Waals surface area contributed by atoms with Gasteiger partial charge >= 0.3 is 0 Å². The highest BCUT2D eigenvalue weighted by Crippen LogP contribution is 2.35. The summed E-state index contributed by atoms with van der Waals surface area (Å²) in [4.78, 5) is 16.5. The lowest BCUT2D eigenvalue weighted by molar-refractivity contribution is 0.101. The molecule has 0 saturated carbocycles. The van der Waals surface area contributed by atoms with E-state index < -0.39 is 0 Å². The first-order valence-electron chi connectivity index (χ1n) is 8.36. The molecule has 0 amide bonds. The molecular weight excluding hydrogens is 326 g/mol. The van der Waals surface area contributed by atoms with Crippen molar-refractivity contribution in [1.29, 1.82) is 0 Å². The molecule has 4 rings (SSSR count). The lowest BCUT2D eigenvalue weighted by Crippen LogP contribution is -1.98. The number of rotatable bonds is 4. The fraction of sp³-hybridized carbons (Fsp3) is 0.0909. The molecule has 0 atom stereocenters. The molecule has 4 nitrogen and oxygen atoms in total. The van der Waals surface area contributed by atoms with Crippen molar-refractivity contribution in [3.63, 3.8) is 0 Å². The number of hydrogen-bond donors (Lipinski definition) is 0. The van der Waals surface area contributed by atoms with Crippen LogP contribution in [-0.2, 0) is 6.61 Å². The molecule has 0 radical (unpaired) electrons. The minimum absolute atomic E-state index is 0.131. The van der Waals surface area contributed by atoms with E-state index in [0.29, 0.717) is 29.4 Å². The molecule has 0 saturated heterocycles. The molecule has 1 aliphatic heterocycles. The van der Waals surface area contributed by atoms with Gasteiger partial charge in [0.05, 0.1) is 5.56 Å². The van der Waals surface area contributed by atoms with Gasteiger partial charge in [0.2, 0.25) is 5.78 Å². The van der Waals surface area contributed by atoms with Crippen LogP contribution >= 0.6 is 0 Å². The molecule has 0 unspecified atom stereocenters. The Labute approximate surface area is 151 Å². The largest absolute Gasteiger partial charge is 0.489 e. The number of Topliss-reactive ketones (excluding diaryl/α,β-unsaturated/α-hetero) is 1. The molecule has 0 bridgehead atoms. The van der Waals surface area contributed by atoms with Crippen molar-refractivity contribution in [2.75, 3.05) is 0 Å². The second-order valence-corrected chi connectivity index (χ2v) is 6.16. The van der Waals surface area contributed by atoms with Gasteiger partial charge in [0, 0.05) is 18.5 Å². The van der Waals surface area contributed by atoms with Crippen molar-refractivity contribution in [2.24, 2.45) is 0 Å². The Morgan fingerprint density at radius 1 is 1.12 bits per heavy atom. The van der Waals surface area contributed by atoms with Gasteiger partial charge < -0.3 is 9.47 Å². The number of allylic oxidation sites excluding steroid dienone is 1. The second-order valence-electron chi connectivity index (χ2n) is 6.16. The number of carbonyl (C=O) groups excluding carboxylic acids is 1. The smallest absolute Gasteiger partial charge is 0.231 e. The maximum absolute atomic E-state index is 12.5. The fourth-order valence-corrected chi connectivity index (χ4v) is 2.72. The summed E-state index contributed by atoms with van der Waals surface area (Å²) < 4.78 is 11.6. The second kappa shape index (κ2) is 6.84. The lowest BCUT2D eigenvalue weighted by atomic mass is 10.1. The molecule has 0 fully saturated rings. The number of ketones is 1. The van der Waals surface area contributed by atoms with Gasteiger partial charge in [0.25, 0.3) is 0 Å². The topological polar surface area (TPSA) is 48.4 Å². The number of fused-ring (bicyclic) bond motifs is 1. The molecule has 1 aromatic heterocycles. The molecular formula is C22H17NO3. The maximum Gasteiger partial charge on any atom is 0.231 e. The van der Waals surface area contributed by atoms with Crippen molar-refractivity contribution in [1.82, 2.24) is 4.98 Å². The van der Waals surface area contributed by atoms with Crippen molar-refractivity contribution in [2.45, 2.75) is 13.5 Å². The third-order valence-corrected chi connectivity index (χ3v) is 4.15. The molecule has 4 heteroatoms. The van der Waals surface area contributed by atoms with Crippen molar-refractivity contribution in [3.8, 4) is 11.5 Å². The third kappa shape index (κ3) is 3.35. The summed E-state index contributed by atoms with van der Waals surface area (Å²) in [7, 11) is 0. The maximum atomic E-state index is 12.5. The number of pyridine rings is 1. The number of carbonyl (C=O) groups is 1. The van der Waals surface area contributed by atoms with Crippen LogP contribution in [0.25, 0.3) is 6.08 Å². The van der Waals surface area contributed by atoms with E-state index in [-0.39, 0.29) is 5.78 Å².